The average Bonchev–Trinajstić information content (AvgIpc) is 2.41. The molecule has 0 heterocycles. The Morgan fingerprint density at radius 3 is 1.96 bits per heavy atom. The van der Waals surface area contributed by atoms with Gasteiger partial charge in [-0.05, 0) is 35.9 Å². The van der Waals surface area contributed by atoms with E-state index >= 15 is 0 Å². The van der Waals surface area contributed by atoms with Gasteiger partial charge < -0.3 is 9.16 Å². The van der Waals surface area contributed by atoms with Crippen LogP contribution in [-0.2, 0) is 14.0 Å². The lowest BCUT2D eigenvalue weighted by Gasteiger charge is -2.42. The van der Waals surface area contributed by atoms with Gasteiger partial charge in [0.25, 0.3) is 0 Å². The van der Waals surface area contributed by atoms with Gasteiger partial charge in [-0.15, -0.1) is 0 Å². The number of hydrogen-bond acceptors (Lipinski definition) is 3. The van der Waals surface area contributed by atoms with E-state index < -0.39 is 8.32 Å². The van der Waals surface area contributed by atoms with E-state index in [0.717, 1.165) is 13.0 Å². The lowest BCUT2D eigenvalue weighted by atomic mass is 10.1. The zero-order valence-corrected chi connectivity index (χ0v) is 17.5. The molecule has 0 amide bonds. The van der Waals surface area contributed by atoms with E-state index in [1.807, 2.05) is 13.8 Å². The summed E-state index contributed by atoms with van der Waals surface area (Å²) < 4.78 is 11.5. The first-order valence-electron chi connectivity index (χ1n) is 9.14. The average molecular weight is 343 g/mol. The fourth-order valence-corrected chi connectivity index (χ4v) is 9.15. The van der Waals surface area contributed by atoms with E-state index in [4.69, 9.17) is 9.16 Å². The summed E-state index contributed by atoms with van der Waals surface area (Å²) in [5.74, 6) is 0.100. The first-order chi connectivity index (χ1) is 10.7. The van der Waals surface area contributed by atoms with E-state index in [0.29, 0.717) is 29.7 Å². The summed E-state index contributed by atoms with van der Waals surface area (Å²) in [6, 6.07) is 0. The smallest absolute Gasteiger partial charge is 0.306 e. The molecule has 0 rings (SSSR count). The van der Waals surface area contributed by atoms with Crippen LogP contribution in [0.4, 0.5) is 0 Å². The molecule has 23 heavy (non-hydrogen) atoms. The van der Waals surface area contributed by atoms with Crippen molar-refractivity contribution in [1.82, 2.24) is 0 Å². The van der Waals surface area contributed by atoms with Gasteiger partial charge in [0.05, 0.1) is 13.0 Å². The summed E-state index contributed by atoms with van der Waals surface area (Å²) in [6.07, 6.45) is 5.61. The van der Waals surface area contributed by atoms with Crippen LogP contribution in [0.2, 0.25) is 16.6 Å². The normalized spacial score (nSPS) is 14.2. The van der Waals surface area contributed by atoms with Crippen molar-refractivity contribution < 1.29 is 14.0 Å². The third-order valence-corrected chi connectivity index (χ3v) is 10.7. The number of rotatable bonds is 11. The fraction of sp³-hybridized carbons (Fsp3) is 0.842. The molecule has 0 saturated carbocycles. The van der Waals surface area contributed by atoms with E-state index in [-0.39, 0.29) is 11.9 Å². The summed E-state index contributed by atoms with van der Waals surface area (Å²) in [6.45, 7) is 19.0. The Morgan fingerprint density at radius 1 is 1.00 bits per heavy atom. The van der Waals surface area contributed by atoms with Crippen LogP contribution in [0, 0.1) is 5.92 Å². The van der Waals surface area contributed by atoms with Gasteiger partial charge in [0.2, 0.25) is 0 Å². The highest BCUT2D eigenvalue weighted by Crippen LogP contribution is 2.42. The summed E-state index contributed by atoms with van der Waals surface area (Å²) in [5.41, 5.74) is 1.86. The predicted molar refractivity (Wildman–Crippen MR) is 101 cm³/mol. The molecule has 0 saturated heterocycles. The molecule has 0 aromatic carbocycles. The molecule has 1 atom stereocenters. The molecule has 3 nitrogen and oxygen atoms in total. The lowest BCUT2D eigenvalue weighted by molar-refractivity contribution is -0.143. The summed E-state index contributed by atoms with van der Waals surface area (Å²) in [7, 11) is -1.75. The largest absolute Gasteiger partial charge is 0.466 e. The van der Waals surface area contributed by atoms with Crippen molar-refractivity contribution in [3.05, 3.63) is 12.2 Å². The molecule has 0 N–H and O–H groups in total. The van der Waals surface area contributed by atoms with Crippen LogP contribution in [0.1, 0.15) is 68.2 Å². The van der Waals surface area contributed by atoms with Gasteiger partial charge in [0.1, 0.15) is 0 Å². The standard InChI is InChI=1S/C19H38O3Si/c1-9-21-19(20)14-18(8)12-10-11-13-22-23(15(2)3,16(4)5)17(6)7/h10,12,15-18H,9,11,13-14H2,1-8H3/b12-10+. The maximum atomic E-state index is 11.4. The molecule has 136 valence electrons. The van der Waals surface area contributed by atoms with E-state index in [9.17, 15) is 4.79 Å². The molecule has 1 unspecified atom stereocenters. The molecule has 0 radical (unpaired) electrons. The van der Waals surface area contributed by atoms with E-state index in [2.05, 4.69) is 53.7 Å². The number of carbonyl (C=O) groups is 1. The number of carbonyl (C=O) groups excluding carboxylic acids is 1. The van der Waals surface area contributed by atoms with E-state index in [1.165, 1.54) is 0 Å². The molecular weight excluding hydrogens is 304 g/mol. The minimum atomic E-state index is -1.75. The van der Waals surface area contributed by atoms with Gasteiger partial charge in [-0.2, -0.15) is 0 Å². The molecule has 0 spiro atoms. The highest BCUT2D eigenvalue weighted by Gasteiger charge is 2.44. The first-order valence-corrected chi connectivity index (χ1v) is 11.3. The summed E-state index contributed by atoms with van der Waals surface area (Å²) in [5, 5.41) is 0. The van der Waals surface area contributed by atoms with Crippen LogP contribution in [0.3, 0.4) is 0 Å². The van der Waals surface area contributed by atoms with Gasteiger partial charge in [-0.3, -0.25) is 4.79 Å². The zero-order chi connectivity index (χ0) is 18.0. The number of ether oxygens (including phenoxy) is 1. The van der Waals surface area contributed by atoms with Crippen molar-refractivity contribution in [3.63, 3.8) is 0 Å². The maximum absolute atomic E-state index is 11.4. The zero-order valence-electron chi connectivity index (χ0n) is 16.5. The first kappa shape index (κ1) is 22.4. The second-order valence-corrected chi connectivity index (χ2v) is 12.8. The monoisotopic (exact) mass is 342 g/mol. The van der Waals surface area contributed by atoms with Crippen LogP contribution in [-0.4, -0.2) is 27.5 Å². The molecule has 0 aromatic rings. The van der Waals surface area contributed by atoms with Crippen molar-refractivity contribution in [2.75, 3.05) is 13.2 Å². The van der Waals surface area contributed by atoms with Crippen molar-refractivity contribution >= 4 is 14.3 Å². The summed E-state index contributed by atoms with van der Waals surface area (Å²) in [4.78, 5) is 11.4. The second-order valence-electron chi connectivity index (χ2n) is 7.37. The predicted octanol–water partition coefficient (Wildman–Crippen LogP) is 5.71. The molecule has 0 fully saturated rings. The second kappa shape index (κ2) is 11.0. The topological polar surface area (TPSA) is 35.5 Å². The lowest BCUT2D eigenvalue weighted by Crippen LogP contribution is -2.47. The SMILES string of the molecule is CCOC(=O)CC(C)/C=C/CCO[Si](C(C)C)(C(C)C)C(C)C. The molecule has 4 heteroatoms. The highest BCUT2D eigenvalue weighted by atomic mass is 28.4. The number of esters is 1. The molecule has 0 aliphatic rings. The molecule has 0 bridgehead atoms. The fourth-order valence-electron chi connectivity index (χ4n) is 3.68. The Labute approximate surface area is 145 Å². The Balaban J connectivity index is 4.41. The van der Waals surface area contributed by atoms with Crippen molar-refractivity contribution in [2.45, 2.75) is 84.9 Å². The minimum absolute atomic E-state index is 0.119. The van der Waals surface area contributed by atoms with Crippen LogP contribution in [0.5, 0.6) is 0 Å². The minimum Gasteiger partial charge on any atom is -0.466 e. The Hall–Kier alpha value is -0.613. The van der Waals surface area contributed by atoms with Crippen molar-refractivity contribution in [3.8, 4) is 0 Å². The number of allylic oxidation sites excluding steroid dienone is 1. The Kier molecular flexibility index (Phi) is 10.7. The van der Waals surface area contributed by atoms with Crippen LogP contribution < -0.4 is 0 Å². The van der Waals surface area contributed by atoms with Gasteiger partial charge in [-0.25, -0.2) is 0 Å². The van der Waals surface area contributed by atoms with Gasteiger partial charge in [0.15, 0.2) is 8.32 Å². The van der Waals surface area contributed by atoms with Gasteiger partial charge >= 0.3 is 5.97 Å². The molecule has 0 aliphatic heterocycles. The highest BCUT2D eigenvalue weighted by molar-refractivity contribution is 6.77. The van der Waals surface area contributed by atoms with Crippen LogP contribution in [0.25, 0.3) is 0 Å². The molecular formula is C19H38O3Si. The van der Waals surface area contributed by atoms with Gasteiger partial charge in [0, 0.05) is 6.61 Å². The van der Waals surface area contributed by atoms with Crippen molar-refractivity contribution in [2.24, 2.45) is 5.92 Å². The summed E-state index contributed by atoms with van der Waals surface area (Å²) >= 11 is 0. The third-order valence-electron chi connectivity index (χ3n) is 4.60. The van der Waals surface area contributed by atoms with Crippen LogP contribution in [0.15, 0.2) is 12.2 Å². The Bertz CT molecular complexity index is 340. The quantitative estimate of drug-likeness (QED) is 0.209. The molecule has 0 aromatic heterocycles. The van der Waals surface area contributed by atoms with E-state index in [1.54, 1.807) is 0 Å². The number of hydrogen-bond donors (Lipinski definition) is 0. The Morgan fingerprint density at radius 2 is 1.52 bits per heavy atom. The van der Waals surface area contributed by atoms with Crippen molar-refractivity contribution in [1.29, 1.82) is 0 Å². The molecule has 0 aliphatic carbocycles. The van der Waals surface area contributed by atoms with Gasteiger partial charge in [-0.1, -0.05) is 60.6 Å². The maximum Gasteiger partial charge on any atom is 0.306 e. The third kappa shape index (κ3) is 7.21. The van der Waals surface area contributed by atoms with Crippen LogP contribution >= 0.6 is 0 Å².